The smallest absolute Gasteiger partial charge is 0.302 e. The number of carbonyl (C=O) groups excluding carboxylic acids is 1. The summed E-state index contributed by atoms with van der Waals surface area (Å²) in [6, 6.07) is 8.11. The number of benzene rings is 1. The van der Waals surface area contributed by atoms with Crippen LogP contribution in [-0.4, -0.2) is 12.6 Å². The molecule has 15 heavy (non-hydrogen) atoms. The first kappa shape index (κ1) is 11.5. The van der Waals surface area contributed by atoms with Gasteiger partial charge >= 0.3 is 5.97 Å². The Morgan fingerprint density at radius 3 is 2.60 bits per heavy atom. The predicted octanol–water partition coefficient (Wildman–Crippen LogP) is 2.96. The summed E-state index contributed by atoms with van der Waals surface area (Å²) in [6.07, 6.45) is 2.04. The van der Waals surface area contributed by atoms with E-state index in [0.29, 0.717) is 6.61 Å². The summed E-state index contributed by atoms with van der Waals surface area (Å²) >= 11 is 0. The van der Waals surface area contributed by atoms with Crippen LogP contribution in [0.3, 0.4) is 0 Å². The Morgan fingerprint density at radius 2 is 2.00 bits per heavy atom. The molecule has 2 heteroatoms. The van der Waals surface area contributed by atoms with Crippen LogP contribution in [0.5, 0.6) is 0 Å². The fraction of sp³-hybridized carbons (Fsp3) is 0.308. The van der Waals surface area contributed by atoms with Crippen LogP contribution < -0.4 is 0 Å². The zero-order valence-electron chi connectivity index (χ0n) is 9.41. The minimum absolute atomic E-state index is 0.243. The van der Waals surface area contributed by atoms with Crippen molar-refractivity contribution in [2.24, 2.45) is 0 Å². The van der Waals surface area contributed by atoms with Gasteiger partial charge in [-0.2, -0.15) is 0 Å². The molecule has 80 valence electrons. The Kier molecular flexibility index (Phi) is 4.10. The van der Waals surface area contributed by atoms with E-state index in [2.05, 4.69) is 13.0 Å². The van der Waals surface area contributed by atoms with Crippen LogP contribution in [0.2, 0.25) is 0 Å². The van der Waals surface area contributed by atoms with Gasteiger partial charge in [0.25, 0.3) is 0 Å². The third-order valence-corrected chi connectivity index (χ3v) is 2.09. The molecule has 0 radical (unpaired) electrons. The van der Waals surface area contributed by atoms with Crippen molar-refractivity contribution < 1.29 is 9.53 Å². The second-order valence-electron chi connectivity index (χ2n) is 3.63. The van der Waals surface area contributed by atoms with Gasteiger partial charge in [-0.1, -0.05) is 30.3 Å². The van der Waals surface area contributed by atoms with Crippen molar-refractivity contribution >= 4 is 12.0 Å². The Morgan fingerprint density at radius 1 is 1.33 bits per heavy atom. The van der Waals surface area contributed by atoms with Gasteiger partial charge in [0.1, 0.15) is 6.61 Å². The minimum atomic E-state index is -0.243. The lowest BCUT2D eigenvalue weighted by Gasteiger charge is -2.04. The van der Waals surface area contributed by atoms with E-state index in [1.54, 1.807) is 0 Å². The summed E-state index contributed by atoms with van der Waals surface area (Å²) in [5.74, 6) is -0.243. The van der Waals surface area contributed by atoms with Crippen molar-refractivity contribution in [2.45, 2.75) is 20.8 Å². The van der Waals surface area contributed by atoms with Crippen LogP contribution in [0, 0.1) is 6.92 Å². The largest absolute Gasteiger partial charge is 0.461 e. The molecular weight excluding hydrogens is 188 g/mol. The number of rotatable bonds is 3. The lowest BCUT2D eigenvalue weighted by atomic mass is 10.1. The molecule has 0 aliphatic carbocycles. The molecule has 0 aliphatic rings. The Labute approximate surface area is 90.6 Å². The molecule has 1 aromatic rings. The molecule has 0 amide bonds. The lowest BCUT2D eigenvalue weighted by molar-refractivity contribution is -0.139. The maximum atomic E-state index is 10.6. The molecule has 0 atom stereocenters. The number of aryl methyl sites for hydroxylation is 1. The molecule has 1 aromatic carbocycles. The van der Waals surface area contributed by atoms with Crippen LogP contribution in [0.15, 0.2) is 29.8 Å². The molecular formula is C13H16O2. The van der Waals surface area contributed by atoms with Crippen LogP contribution in [0.4, 0.5) is 0 Å². The quantitative estimate of drug-likeness (QED) is 0.707. The SMILES string of the molecule is CC(=O)OC/C(C)=C/c1ccccc1C. The van der Waals surface area contributed by atoms with E-state index in [-0.39, 0.29) is 5.97 Å². The summed E-state index contributed by atoms with van der Waals surface area (Å²) < 4.78 is 4.91. The van der Waals surface area contributed by atoms with Crippen LogP contribution in [0.25, 0.3) is 6.08 Å². The maximum Gasteiger partial charge on any atom is 0.302 e. The molecule has 0 N–H and O–H groups in total. The fourth-order valence-corrected chi connectivity index (χ4v) is 1.27. The third kappa shape index (κ3) is 3.98. The fourth-order valence-electron chi connectivity index (χ4n) is 1.27. The Balaban J connectivity index is 2.70. The first-order valence-corrected chi connectivity index (χ1v) is 4.96. The highest BCUT2D eigenvalue weighted by Gasteiger charge is 1.97. The zero-order chi connectivity index (χ0) is 11.3. The highest BCUT2D eigenvalue weighted by atomic mass is 16.5. The highest BCUT2D eigenvalue weighted by Crippen LogP contribution is 2.11. The summed E-state index contributed by atoms with van der Waals surface area (Å²) in [6.45, 7) is 5.80. The molecule has 2 nitrogen and oxygen atoms in total. The number of carbonyl (C=O) groups is 1. The Hall–Kier alpha value is -1.57. The molecule has 1 rings (SSSR count). The number of ether oxygens (including phenoxy) is 1. The van der Waals surface area contributed by atoms with E-state index in [1.165, 1.54) is 18.1 Å². The first-order valence-electron chi connectivity index (χ1n) is 4.96. The monoisotopic (exact) mass is 204 g/mol. The lowest BCUT2D eigenvalue weighted by Crippen LogP contribution is -2.01. The van der Waals surface area contributed by atoms with Crippen molar-refractivity contribution in [3.63, 3.8) is 0 Å². The van der Waals surface area contributed by atoms with Crippen LogP contribution in [-0.2, 0) is 9.53 Å². The summed E-state index contributed by atoms with van der Waals surface area (Å²) in [4.78, 5) is 10.6. The maximum absolute atomic E-state index is 10.6. The van der Waals surface area contributed by atoms with Crippen molar-refractivity contribution in [2.75, 3.05) is 6.61 Å². The van der Waals surface area contributed by atoms with Gasteiger partial charge in [-0.25, -0.2) is 0 Å². The average Bonchev–Trinajstić information content (AvgIpc) is 2.18. The van der Waals surface area contributed by atoms with E-state index in [1.807, 2.05) is 31.2 Å². The molecule has 0 heterocycles. The summed E-state index contributed by atoms with van der Waals surface area (Å²) in [5.41, 5.74) is 3.43. The van der Waals surface area contributed by atoms with E-state index in [4.69, 9.17) is 4.74 Å². The molecule has 0 unspecified atom stereocenters. The van der Waals surface area contributed by atoms with Gasteiger partial charge in [-0.05, 0) is 30.5 Å². The second-order valence-corrected chi connectivity index (χ2v) is 3.63. The molecule has 0 aliphatic heterocycles. The van der Waals surface area contributed by atoms with E-state index in [0.717, 1.165) is 5.57 Å². The van der Waals surface area contributed by atoms with Crippen LogP contribution in [0.1, 0.15) is 25.0 Å². The third-order valence-electron chi connectivity index (χ3n) is 2.09. The van der Waals surface area contributed by atoms with Gasteiger partial charge in [0, 0.05) is 6.92 Å². The van der Waals surface area contributed by atoms with Gasteiger partial charge < -0.3 is 4.74 Å². The van der Waals surface area contributed by atoms with Crippen molar-refractivity contribution in [1.29, 1.82) is 0 Å². The first-order chi connectivity index (χ1) is 7.09. The van der Waals surface area contributed by atoms with E-state index in [9.17, 15) is 4.79 Å². The Bertz CT molecular complexity index is 378. The topological polar surface area (TPSA) is 26.3 Å². The normalized spacial score (nSPS) is 11.3. The van der Waals surface area contributed by atoms with Gasteiger partial charge in [0.15, 0.2) is 0 Å². The second kappa shape index (κ2) is 5.35. The number of esters is 1. The average molecular weight is 204 g/mol. The molecule has 0 saturated carbocycles. The van der Waals surface area contributed by atoms with Gasteiger partial charge in [-0.3, -0.25) is 4.79 Å². The van der Waals surface area contributed by atoms with E-state index >= 15 is 0 Å². The van der Waals surface area contributed by atoms with Gasteiger partial charge in [0.05, 0.1) is 0 Å². The molecule has 0 saturated heterocycles. The summed E-state index contributed by atoms with van der Waals surface area (Å²) in [7, 11) is 0. The predicted molar refractivity (Wildman–Crippen MR) is 61.5 cm³/mol. The van der Waals surface area contributed by atoms with Crippen LogP contribution >= 0.6 is 0 Å². The molecule has 0 bridgehead atoms. The molecule has 0 fully saturated rings. The highest BCUT2D eigenvalue weighted by molar-refractivity contribution is 5.66. The molecule has 0 spiro atoms. The van der Waals surface area contributed by atoms with Crippen molar-refractivity contribution in [1.82, 2.24) is 0 Å². The van der Waals surface area contributed by atoms with Gasteiger partial charge in [0.2, 0.25) is 0 Å². The standard InChI is InChI=1S/C13H16O2/c1-10(9-15-12(3)14)8-13-7-5-4-6-11(13)2/h4-8H,9H2,1-3H3/b10-8+. The van der Waals surface area contributed by atoms with Crippen molar-refractivity contribution in [3.8, 4) is 0 Å². The number of hydrogen-bond donors (Lipinski definition) is 0. The summed E-state index contributed by atoms with van der Waals surface area (Å²) in [5, 5.41) is 0. The van der Waals surface area contributed by atoms with E-state index < -0.39 is 0 Å². The number of hydrogen-bond acceptors (Lipinski definition) is 2. The van der Waals surface area contributed by atoms with Crippen molar-refractivity contribution in [3.05, 3.63) is 41.0 Å². The van der Waals surface area contributed by atoms with Gasteiger partial charge in [-0.15, -0.1) is 0 Å². The molecule has 0 aromatic heterocycles. The minimum Gasteiger partial charge on any atom is -0.461 e. The zero-order valence-corrected chi connectivity index (χ0v) is 9.41.